The summed E-state index contributed by atoms with van der Waals surface area (Å²) < 4.78 is 13.6. The molecule has 2 aliphatic heterocycles. The fraction of sp³-hybridized carbons (Fsp3) is 0.263. The van der Waals surface area contributed by atoms with Crippen molar-refractivity contribution < 1.29 is 14.0 Å². The van der Waals surface area contributed by atoms with Gasteiger partial charge < -0.3 is 10.2 Å². The monoisotopic (exact) mass is 324 g/mol. The van der Waals surface area contributed by atoms with Crippen molar-refractivity contribution in [3.8, 4) is 0 Å². The quantitative estimate of drug-likeness (QED) is 0.943. The minimum Gasteiger partial charge on any atom is -0.348 e. The van der Waals surface area contributed by atoms with Gasteiger partial charge in [-0.15, -0.1) is 0 Å². The lowest BCUT2D eigenvalue weighted by Crippen LogP contribution is -2.33. The number of hydrogen-bond acceptors (Lipinski definition) is 2. The van der Waals surface area contributed by atoms with Crippen LogP contribution in [-0.4, -0.2) is 18.4 Å². The summed E-state index contributed by atoms with van der Waals surface area (Å²) in [6.07, 6.45) is 1.95. The van der Waals surface area contributed by atoms with Gasteiger partial charge in [0.25, 0.3) is 5.91 Å². The van der Waals surface area contributed by atoms with Crippen molar-refractivity contribution in [2.75, 3.05) is 11.4 Å². The van der Waals surface area contributed by atoms with E-state index in [0.29, 0.717) is 30.5 Å². The molecule has 2 amide bonds. The Kier molecular flexibility index (Phi) is 3.56. The fourth-order valence-electron chi connectivity index (χ4n) is 3.51. The zero-order valence-corrected chi connectivity index (χ0v) is 13.1. The maximum Gasteiger partial charge on any atom is 0.251 e. The third-order valence-corrected chi connectivity index (χ3v) is 4.71. The Morgan fingerprint density at radius 2 is 1.88 bits per heavy atom. The van der Waals surface area contributed by atoms with Crippen LogP contribution in [0.3, 0.4) is 0 Å². The first-order valence-corrected chi connectivity index (χ1v) is 8.11. The van der Waals surface area contributed by atoms with Crippen LogP contribution < -0.4 is 10.2 Å². The molecule has 2 aromatic carbocycles. The van der Waals surface area contributed by atoms with Gasteiger partial charge in [0.1, 0.15) is 5.82 Å². The summed E-state index contributed by atoms with van der Waals surface area (Å²) in [6, 6.07) is 10.1. The second kappa shape index (κ2) is 5.74. The highest BCUT2D eigenvalue weighted by atomic mass is 19.1. The largest absolute Gasteiger partial charge is 0.348 e. The molecule has 5 heteroatoms. The lowest BCUT2D eigenvalue weighted by molar-refractivity contribution is -0.118. The molecule has 2 aliphatic rings. The highest BCUT2D eigenvalue weighted by Crippen LogP contribution is 2.37. The molecule has 1 N–H and O–H groups in total. The molecule has 0 bridgehead atoms. The third kappa shape index (κ3) is 2.46. The summed E-state index contributed by atoms with van der Waals surface area (Å²) in [5.74, 6) is -0.373. The smallest absolute Gasteiger partial charge is 0.251 e. The Morgan fingerprint density at radius 1 is 1.12 bits per heavy atom. The predicted octanol–water partition coefficient (Wildman–Crippen LogP) is 2.59. The normalized spacial score (nSPS) is 15.4. The lowest BCUT2D eigenvalue weighted by Gasteiger charge is -2.25. The summed E-state index contributed by atoms with van der Waals surface area (Å²) in [4.78, 5) is 26.2. The minimum atomic E-state index is -0.323. The summed E-state index contributed by atoms with van der Waals surface area (Å²) in [7, 11) is 0. The summed E-state index contributed by atoms with van der Waals surface area (Å²) >= 11 is 0. The van der Waals surface area contributed by atoms with Crippen LogP contribution >= 0.6 is 0 Å². The molecule has 0 saturated heterocycles. The molecule has 0 aromatic heterocycles. The van der Waals surface area contributed by atoms with Gasteiger partial charge in [0.2, 0.25) is 5.91 Å². The molecule has 122 valence electrons. The number of anilines is 1. The standard InChI is InChI=1S/C19H17FN2O2/c20-16-4-2-1-3-14(16)11-21-19(24)15-9-12-5-6-17(23)22-8-7-13(10-15)18(12)22/h1-4,9-10H,5-8,11H2,(H,21,24). The van der Waals surface area contributed by atoms with Gasteiger partial charge >= 0.3 is 0 Å². The number of carbonyl (C=O) groups is 2. The molecule has 0 saturated carbocycles. The number of hydrogen-bond donors (Lipinski definition) is 1. The van der Waals surface area contributed by atoms with Gasteiger partial charge in [-0.3, -0.25) is 9.59 Å². The van der Waals surface area contributed by atoms with Gasteiger partial charge in [-0.25, -0.2) is 4.39 Å². The van der Waals surface area contributed by atoms with Crippen molar-refractivity contribution in [2.24, 2.45) is 0 Å². The number of carbonyl (C=O) groups excluding carboxylic acids is 2. The zero-order chi connectivity index (χ0) is 16.7. The average molecular weight is 324 g/mol. The number of nitrogens with zero attached hydrogens (tertiary/aromatic N) is 1. The zero-order valence-electron chi connectivity index (χ0n) is 13.1. The van der Waals surface area contributed by atoms with E-state index >= 15 is 0 Å². The van der Waals surface area contributed by atoms with Gasteiger partial charge in [0.05, 0.1) is 5.69 Å². The molecule has 4 rings (SSSR count). The first kappa shape index (κ1) is 14.9. The van der Waals surface area contributed by atoms with Crippen molar-refractivity contribution in [2.45, 2.75) is 25.8 Å². The van der Waals surface area contributed by atoms with Crippen LogP contribution in [0.4, 0.5) is 10.1 Å². The number of amides is 2. The van der Waals surface area contributed by atoms with Crippen LogP contribution in [0, 0.1) is 5.82 Å². The molecule has 2 heterocycles. The Bertz CT molecular complexity index is 847. The van der Waals surface area contributed by atoms with Gasteiger partial charge in [0, 0.05) is 30.6 Å². The van der Waals surface area contributed by atoms with E-state index in [2.05, 4.69) is 5.32 Å². The highest BCUT2D eigenvalue weighted by molar-refractivity contribution is 6.01. The molecule has 0 atom stereocenters. The van der Waals surface area contributed by atoms with E-state index < -0.39 is 0 Å². The topological polar surface area (TPSA) is 49.4 Å². The second-order valence-electron chi connectivity index (χ2n) is 6.21. The first-order chi connectivity index (χ1) is 11.6. The number of rotatable bonds is 3. The SMILES string of the molecule is O=C(NCc1ccccc1F)c1cc2c3c(c1)CCN3C(=O)CC2. The van der Waals surface area contributed by atoms with Crippen molar-refractivity contribution in [3.05, 3.63) is 64.5 Å². The van der Waals surface area contributed by atoms with Crippen LogP contribution in [0.5, 0.6) is 0 Å². The summed E-state index contributed by atoms with van der Waals surface area (Å²) in [5, 5.41) is 2.78. The van der Waals surface area contributed by atoms with Crippen molar-refractivity contribution in [3.63, 3.8) is 0 Å². The van der Waals surface area contributed by atoms with Crippen LogP contribution in [0.15, 0.2) is 36.4 Å². The third-order valence-electron chi connectivity index (χ3n) is 4.71. The minimum absolute atomic E-state index is 0.155. The second-order valence-corrected chi connectivity index (χ2v) is 6.21. The molecule has 0 aliphatic carbocycles. The lowest BCUT2D eigenvalue weighted by atomic mass is 9.96. The van der Waals surface area contributed by atoms with E-state index in [0.717, 1.165) is 23.2 Å². The van der Waals surface area contributed by atoms with Gasteiger partial charge in [-0.2, -0.15) is 0 Å². The van der Waals surface area contributed by atoms with Crippen LogP contribution in [0.25, 0.3) is 0 Å². The molecular weight excluding hydrogens is 307 g/mol. The molecule has 0 spiro atoms. The van der Waals surface area contributed by atoms with E-state index in [1.54, 1.807) is 18.2 Å². The number of benzene rings is 2. The van der Waals surface area contributed by atoms with E-state index in [1.807, 2.05) is 17.0 Å². The van der Waals surface area contributed by atoms with Crippen LogP contribution in [-0.2, 0) is 24.2 Å². The maximum atomic E-state index is 13.6. The Labute approximate surface area is 139 Å². The van der Waals surface area contributed by atoms with Crippen LogP contribution in [0.2, 0.25) is 0 Å². The average Bonchev–Trinajstić information content (AvgIpc) is 3.02. The van der Waals surface area contributed by atoms with Crippen LogP contribution in [0.1, 0.15) is 33.5 Å². The fourth-order valence-corrected chi connectivity index (χ4v) is 3.51. The molecule has 0 fully saturated rings. The van der Waals surface area contributed by atoms with Crippen molar-refractivity contribution >= 4 is 17.5 Å². The molecule has 0 radical (unpaired) electrons. The van der Waals surface area contributed by atoms with Gasteiger partial charge in [-0.1, -0.05) is 18.2 Å². The van der Waals surface area contributed by atoms with Gasteiger partial charge in [-0.05, 0) is 42.2 Å². The predicted molar refractivity (Wildman–Crippen MR) is 88.4 cm³/mol. The molecule has 2 aromatic rings. The number of nitrogens with one attached hydrogen (secondary N) is 1. The van der Waals surface area contributed by atoms with E-state index in [4.69, 9.17) is 0 Å². The van der Waals surface area contributed by atoms with Crippen molar-refractivity contribution in [1.29, 1.82) is 0 Å². The first-order valence-electron chi connectivity index (χ1n) is 8.11. The van der Waals surface area contributed by atoms with E-state index in [9.17, 15) is 14.0 Å². The number of aryl methyl sites for hydroxylation is 1. The van der Waals surface area contributed by atoms with E-state index in [1.165, 1.54) is 6.07 Å². The molecule has 24 heavy (non-hydrogen) atoms. The van der Waals surface area contributed by atoms with Crippen molar-refractivity contribution in [1.82, 2.24) is 5.32 Å². The van der Waals surface area contributed by atoms with E-state index in [-0.39, 0.29) is 24.2 Å². The Balaban J connectivity index is 1.56. The summed E-state index contributed by atoms with van der Waals surface area (Å²) in [6.45, 7) is 0.851. The molecule has 4 nitrogen and oxygen atoms in total. The Morgan fingerprint density at radius 3 is 2.67 bits per heavy atom. The maximum absolute atomic E-state index is 13.6. The summed E-state index contributed by atoms with van der Waals surface area (Å²) in [5.41, 5.74) is 4.15. The Hall–Kier alpha value is -2.69. The highest BCUT2D eigenvalue weighted by Gasteiger charge is 2.31. The molecular formula is C19H17FN2O2. The molecule has 0 unspecified atom stereocenters. The van der Waals surface area contributed by atoms with Gasteiger partial charge in [0.15, 0.2) is 0 Å². The number of halogens is 1.